The summed E-state index contributed by atoms with van der Waals surface area (Å²) in [6, 6.07) is 20.1. The number of benzene rings is 2. The highest BCUT2D eigenvalue weighted by atomic mass is 35.5. The number of aromatic nitrogens is 1. The molecule has 1 aliphatic heterocycles. The SMILES string of the molecule is Cc1cc(/C=C2\SC(=Nc3ccccc3)N([C@@H]3CCCC[C@H]3C)C2=O)c(C)n1-c1ccc(Cl)cc1. The number of carbonyl (C=O) groups is 1. The van der Waals surface area contributed by atoms with Crippen molar-refractivity contribution in [2.75, 3.05) is 0 Å². The second kappa shape index (κ2) is 10.1. The van der Waals surface area contributed by atoms with Gasteiger partial charge in [-0.1, -0.05) is 49.6 Å². The van der Waals surface area contributed by atoms with Crippen LogP contribution in [0.1, 0.15) is 49.6 Å². The van der Waals surface area contributed by atoms with E-state index in [1.165, 1.54) is 18.2 Å². The van der Waals surface area contributed by atoms with Crippen LogP contribution in [0.2, 0.25) is 5.02 Å². The fraction of sp³-hybridized carbons (Fsp3) is 0.310. The monoisotopic (exact) mass is 503 g/mol. The number of amides is 1. The number of aliphatic imine (C=N–C) groups is 1. The average molecular weight is 504 g/mol. The topological polar surface area (TPSA) is 37.6 Å². The van der Waals surface area contributed by atoms with E-state index in [1.807, 2.05) is 65.6 Å². The van der Waals surface area contributed by atoms with E-state index in [0.717, 1.165) is 57.7 Å². The molecule has 35 heavy (non-hydrogen) atoms. The number of rotatable bonds is 4. The highest BCUT2D eigenvalue weighted by molar-refractivity contribution is 8.18. The number of para-hydroxylation sites is 1. The van der Waals surface area contributed by atoms with Crippen molar-refractivity contribution in [1.82, 2.24) is 9.47 Å². The smallest absolute Gasteiger partial charge is 0.267 e. The van der Waals surface area contributed by atoms with Gasteiger partial charge in [0.2, 0.25) is 0 Å². The molecule has 0 bridgehead atoms. The predicted molar refractivity (Wildman–Crippen MR) is 148 cm³/mol. The largest absolute Gasteiger partial charge is 0.318 e. The second-order valence-electron chi connectivity index (χ2n) is 9.48. The maximum absolute atomic E-state index is 13.8. The molecule has 5 rings (SSSR count). The van der Waals surface area contributed by atoms with Gasteiger partial charge in [-0.2, -0.15) is 0 Å². The van der Waals surface area contributed by atoms with E-state index in [1.54, 1.807) is 0 Å². The van der Waals surface area contributed by atoms with Crippen molar-refractivity contribution < 1.29 is 4.79 Å². The molecule has 1 saturated heterocycles. The standard InChI is InChI=1S/C29H30ClN3OS/c1-19-9-7-8-12-26(19)33-28(34)27(35-29(33)31-24-10-5-4-6-11-24)18-22-17-20(2)32(21(22)3)25-15-13-23(30)14-16-25/h4-6,10-11,13-19,26H,7-9,12H2,1-3H3/b27-18-,31-29?/t19-,26-/m1/s1. The summed E-state index contributed by atoms with van der Waals surface area (Å²) >= 11 is 7.59. The van der Waals surface area contributed by atoms with Crippen LogP contribution in [-0.4, -0.2) is 26.6 Å². The van der Waals surface area contributed by atoms with Crippen molar-refractivity contribution in [1.29, 1.82) is 0 Å². The molecule has 180 valence electrons. The van der Waals surface area contributed by atoms with E-state index >= 15 is 0 Å². The number of hydrogen-bond donors (Lipinski definition) is 0. The van der Waals surface area contributed by atoms with Gasteiger partial charge in [-0.3, -0.25) is 9.69 Å². The Hall–Kier alpha value is -2.76. The molecular formula is C29H30ClN3OS. The van der Waals surface area contributed by atoms with Crippen LogP contribution in [0.5, 0.6) is 0 Å². The number of nitrogens with zero attached hydrogens (tertiary/aromatic N) is 3. The van der Waals surface area contributed by atoms with Crippen LogP contribution >= 0.6 is 23.4 Å². The first-order valence-electron chi connectivity index (χ1n) is 12.2. The van der Waals surface area contributed by atoms with Crippen molar-refractivity contribution in [2.24, 2.45) is 10.9 Å². The zero-order chi connectivity index (χ0) is 24.5. The lowest BCUT2D eigenvalue weighted by Gasteiger charge is -2.35. The summed E-state index contributed by atoms with van der Waals surface area (Å²) in [5.41, 5.74) is 5.19. The highest BCUT2D eigenvalue weighted by Crippen LogP contribution is 2.40. The second-order valence-corrected chi connectivity index (χ2v) is 10.9. The van der Waals surface area contributed by atoms with Crippen molar-refractivity contribution in [2.45, 2.75) is 52.5 Å². The third-order valence-corrected chi connectivity index (χ3v) is 8.29. The molecular weight excluding hydrogens is 474 g/mol. The minimum atomic E-state index is 0.0692. The van der Waals surface area contributed by atoms with E-state index in [-0.39, 0.29) is 11.9 Å². The van der Waals surface area contributed by atoms with Gasteiger partial charge in [0.25, 0.3) is 5.91 Å². The van der Waals surface area contributed by atoms with Crippen LogP contribution in [0, 0.1) is 19.8 Å². The normalized spacial score (nSPS) is 23.0. The Bertz CT molecular complexity index is 1290. The predicted octanol–water partition coefficient (Wildman–Crippen LogP) is 7.93. The van der Waals surface area contributed by atoms with Crippen LogP contribution in [-0.2, 0) is 4.79 Å². The van der Waals surface area contributed by atoms with Gasteiger partial charge in [0.1, 0.15) is 0 Å². The van der Waals surface area contributed by atoms with Crippen LogP contribution in [0.15, 0.2) is 70.6 Å². The fourth-order valence-electron chi connectivity index (χ4n) is 5.21. The summed E-state index contributed by atoms with van der Waals surface area (Å²) in [7, 11) is 0. The van der Waals surface area contributed by atoms with Gasteiger partial charge in [-0.25, -0.2) is 4.99 Å². The minimum absolute atomic E-state index is 0.0692. The first-order valence-corrected chi connectivity index (χ1v) is 13.4. The van der Waals surface area contributed by atoms with Gasteiger partial charge in [0.05, 0.1) is 10.6 Å². The molecule has 1 saturated carbocycles. The minimum Gasteiger partial charge on any atom is -0.318 e. The zero-order valence-corrected chi connectivity index (χ0v) is 21.9. The Morgan fingerprint density at radius 1 is 1.03 bits per heavy atom. The van der Waals surface area contributed by atoms with E-state index in [0.29, 0.717) is 10.9 Å². The Morgan fingerprint density at radius 3 is 2.46 bits per heavy atom. The molecule has 0 N–H and O–H groups in total. The Kier molecular flexibility index (Phi) is 6.90. The lowest BCUT2D eigenvalue weighted by Crippen LogP contribution is -2.44. The quantitative estimate of drug-likeness (QED) is 0.339. The summed E-state index contributed by atoms with van der Waals surface area (Å²) in [6.45, 7) is 6.45. The number of amidine groups is 1. The Balaban J connectivity index is 1.53. The van der Waals surface area contributed by atoms with Crippen molar-refractivity contribution >= 4 is 46.2 Å². The van der Waals surface area contributed by atoms with E-state index in [2.05, 4.69) is 31.4 Å². The first-order chi connectivity index (χ1) is 16.9. The van der Waals surface area contributed by atoms with Gasteiger partial charge in [0, 0.05) is 28.1 Å². The van der Waals surface area contributed by atoms with Crippen LogP contribution in [0.3, 0.4) is 0 Å². The molecule has 0 unspecified atom stereocenters. The number of carbonyl (C=O) groups excluding carboxylic acids is 1. The van der Waals surface area contributed by atoms with Gasteiger partial charge in [-0.05, 0) is 98.5 Å². The molecule has 6 heteroatoms. The van der Waals surface area contributed by atoms with Crippen molar-refractivity contribution in [3.8, 4) is 5.69 Å². The molecule has 2 aliphatic rings. The number of aryl methyl sites for hydroxylation is 1. The van der Waals surface area contributed by atoms with Gasteiger partial charge in [-0.15, -0.1) is 0 Å². The third-order valence-electron chi connectivity index (χ3n) is 7.06. The maximum atomic E-state index is 13.8. The lowest BCUT2D eigenvalue weighted by molar-refractivity contribution is -0.124. The fourth-order valence-corrected chi connectivity index (χ4v) is 6.37. The van der Waals surface area contributed by atoms with E-state index in [4.69, 9.17) is 16.6 Å². The van der Waals surface area contributed by atoms with Gasteiger partial charge < -0.3 is 4.57 Å². The molecule has 0 spiro atoms. The summed E-state index contributed by atoms with van der Waals surface area (Å²) in [5, 5.41) is 1.51. The third kappa shape index (κ3) is 4.85. The molecule has 2 atom stereocenters. The molecule has 1 aromatic heterocycles. The molecule has 2 fully saturated rings. The van der Waals surface area contributed by atoms with Crippen LogP contribution in [0.25, 0.3) is 11.8 Å². The van der Waals surface area contributed by atoms with Gasteiger partial charge in [0.15, 0.2) is 5.17 Å². The highest BCUT2D eigenvalue weighted by Gasteiger charge is 2.41. The van der Waals surface area contributed by atoms with Crippen LogP contribution in [0.4, 0.5) is 5.69 Å². The van der Waals surface area contributed by atoms with Crippen molar-refractivity contribution in [3.63, 3.8) is 0 Å². The van der Waals surface area contributed by atoms with E-state index < -0.39 is 0 Å². The van der Waals surface area contributed by atoms with E-state index in [9.17, 15) is 4.79 Å². The number of hydrogen-bond acceptors (Lipinski definition) is 3. The lowest BCUT2D eigenvalue weighted by atomic mass is 9.85. The summed E-state index contributed by atoms with van der Waals surface area (Å²) in [4.78, 5) is 21.4. The maximum Gasteiger partial charge on any atom is 0.267 e. The number of halogens is 1. The molecule has 2 heterocycles. The molecule has 0 radical (unpaired) electrons. The first kappa shape index (κ1) is 24.0. The summed E-state index contributed by atoms with van der Waals surface area (Å²) in [5.74, 6) is 0.531. The van der Waals surface area contributed by atoms with Crippen LogP contribution < -0.4 is 0 Å². The molecule has 1 aliphatic carbocycles. The summed E-state index contributed by atoms with van der Waals surface area (Å²) in [6.07, 6.45) is 6.61. The molecule has 4 nitrogen and oxygen atoms in total. The summed E-state index contributed by atoms with van der Waals surface area (Å²) < 4.78 is 2.20. The Labute approximate surface area is 216 Å². The molecule has 3 aromatic rings. The molecule has 1 amide bonds. The average Bonchev–Trinajstić information content (AvgIpc) is 3.30. The Morgan fingerprint density at radius 2 is 1.74 bits per heavy atom. The van der Waals surface area contributed by atoms with Gasteiger partial charge >= 0.3 is 0 Å². The number of thioether (sulfide) groups is 1. The molecule has 2 aromatic carbocycles. The zero-order valence-electron chi connectivity index (χ0n) is 20.4. The van der Waals surface area contributed by atoms with Crippen molar-refractivity contribution in [3.05, 3.63) is 87.5 Å².